The Morgan fingerprint density at radius 1 is 1.26 bits per heavy atom. The van der Waals surface area contributed by atoms with Gasteiger partial charge in [0.1, 0.15) is 5.82 Å². The second-order valence-electron chi connectivity index (χ2n) is 6.15. The molecule has 1 heterocycles. The maximum atomic E-state index is 13.0. The van der Waals surface area contributed by atoms with Crippen LogP contribution in [0, 0.1) is 18.2 Å². The van der Waals surface area contributed by atoms with E-state index in [4.69, 9.17) is 6.42 Å². The van der Waals surface area contributed by atoms with Crippen LogP contribution in [-0.2, 0) is 11.3 Å². The summed E-state index contributed by atoms with van der Waals surface area (Å²) in [5.74, 6) is 2.34. The number of terminal acetylenes is 1. The summed E-state index contributed by atoms with van der Waals surface area (Å²) in [5.41, 5.74) is 0.887. The lowest BCUT2D eigenvalue weighted by atomic mass is 10.1. The second kappa shape index (κ2) is 8.69. The summed E-state index contributed by atoms with van der Waals surface area (Å²) < 4.78 is 13.0. The van der Waals surface area contributed by atoms with Gasteiger partial charge in [-0.2, -0.15) is 0 Å². The molecule has 0 bridgehead atoms. The molecule has 0 spiro atoms. The summed E-state index contributed by atoms with van der Waals surface area (Å²) in [5, 5.41) is 0. The van der Waals surface area contributed by atoms with E-state index >= 15 is 0 Å². The SMILES string of the molecule is C#CCN(Cc1ccc(F)cc1)C(=O)C(C)N1CCCCCC1. The van der Waals surface area contributed by atoms with Crippen molar-refractivity contribution >= 4 is 5.91 Å². The fourth-order valence-corrected chi connectivity index (χ4v) is 3.03. The van der Waals surface area contributed by atoms with Crippen LogP contribution >= 0.6 is 0 Å². The molecule has 0 radical (unpaired) electrons. The number of halogens is 1. The van der Waals surface area contributed by atoms with Crippen molar-refractivity contribution in [3.8, 4) is 12.3 Å². The van der Waals surface area contributed by atoms with Crippen molar-refractivity contribution in [1.29, 1.82) is 0 Å². The maximum absolute atomic E-state index is 13.0. The lowest BCUT2D eigenvalue weighted by molar-refractivity contribution is -0.136. The molecule has 1 amide bonds. The summed E-state index contributed by atoms with van der Waals surface area (Å²) in [4.78, 5) is 16.8. The first kappa shape index (κ1) is 17.5. The topological polar surface area (TPSA) is 23.6 Å². The third kappa shape index (κ3) is 5.07. The highest BCUT2D eigenvalue weighted by Gasteiger charge is 2.26. The lowest BCUT2D eigenvalue weighted by Crippen LogP contribution is -2.47. The molecule has 1 aromatic carbocycles. The van der Waals surface area contributed by atoms with E-state index in [1.54, 1.807) is 17.0 Å². The molecule has 1 aliphatic rings. The number of hydrogen-bond acceptors (Lipinski definition) is 2. The summed E-state index contributed by atoms with van der Waals surface area (Å²) in [6.45, 7) is 4.58. The van der Waals surface area contributed by atoms with E-state index in [1.165, 1.54) is 25.0 Å². The minimum atomic E-state index is -0.276. The van der Waals surface area contributed by atoms with Crippen molar-refractivity contribution in [2.45, 2.75) is 45.2 Å². The van der Waals surface area contributed by atoms with Crippen LogP contribution < -0.4 is 0 Å². The van der Waals surface area contributed by atoms with Crippen LogP contribution in [0.5, 0.6) is 0 Å². The van der Waals surface area contributed by atoms with Crippen LogP contribution in [0.3, 0.4) is 0 Å². The van der Waals surface area contributed by atoms with E-state index in [-0.39, 0.29) is 24.3 Å². The van der Waals surface area contributed by atoms with Gasteiger partial charge in [-0.15, -0.1) is 6.42 Å². The molecule has 23 heavy (non-hydrogen) atoms. The zero-order chi connectivity index (χ0) is 16.7. The predicted molar refractivity (Wildman–Crippen MR) is 90.2 cm³/mol. The Balaban J connectivity index is 2.04. The molecule has 1 unspecified atom stereocenters. The Bertz CT molecular complexity index is 541. The fraction of sp³-hybridized carbons (Fsp3) is 0.526. The molecule has 1 aromatic rings. The average Bonchev–Trinajstić information content (AvgIpc) is 2.84. The Morgan fingerprint density at radius 3 is 2.43 bits per heavy atom. The minimum absolute atomic E-state index is 0.0502. The van der Waals surface area contributed by atoms with Crippen LogP contribution in [0.4, 0.5) is 4.39 Å². The number of hydrogen-bond donors (Lipinski definition) is 0. The van der Waals surface area contributed by atoms with E-state index in [0.717, 1.165) is 31.5 Å². The molecule has 0 saturated carbocycles. The van der Waals surface area contributed by atoms with Crippen LogP contribution in [0.25, 0.3) is 0 Å². The Morgan fingerprint density at radius 2 is 1.87 bits per heavy atom. The molecule has 0 aromatic heterocycles. The predicted octanol–water partition coefficient (Wildman–Crippen LogP) is 3.05. The first-order chi connectivity index (χ1) is 11.1. The van der Waals surface area contributed by atoms with Gasteiger partial charge in [0.15, 0.2) is 0 Å². The normalized spacial score (nSPS) is 17.1. The molecule has 124 valence electrons. The molecule has 0 aliphatic carbocycles. The van der Waals surface area contributed by atoms with Crippen molar-refractivity contribution in [3.63, 3.8) is 0 Å². The van der Waals surface area contributed by atoms with Gasteiger partial charge in [0, 0.05) is 6.54 Å². The Hall–Kier alpha value is -1.86. The van der Waals surface area contributed by atoms with Gasteiger partial charge < -0.3 is 4.90 Å². The van der Waals surface area contributed by atoms with Crippen LogP contribution in [0.15, 0.2) is 24.3 Å². The van der Waals surface area contributed by atoms with E-state index < -0.39 is 0 Å². The van der Waals surface area contributed by atoms with Crippen molar-refractivity contribution in [3.05, 3.63) is 35.6 Å². The Kier molecular flexibility index (Phi) is 6.61. The van der Waals surface area contributed by atoms with Crippen LogP contribution in [0.1, 0.15) is 38.2 Å². The molecular weight excluding hydrogens is 291 g/mol. The number of rotatable bonds is 5. The van der Waals surface area contributed by atoms with Gasteiger partial charge in [0.05, 0.1) is 12.6 Å². The first-order valence-electron chi connectivity index (χ1n) is 8.32. The summed E-state index contributed by atoms with van der Waals surface area (Å²) in [7, 11) is 0. The molecule has 2 rings (SSSR count). The zero-order valence-electron chi connectivity index (χ0n) is 13.8. The van der Waals surface area contributed by atoms with Crippen molar-refractivity contribution in [2.75, 3.05) is 19.6 Å². The molecule has 1 fully saturated rings. The van der Waals surface area contributed by atoms with Gasteiger partial charge in [0.25, 0.3) is 0 Å². The number of amides is 1. The molecule has 3 nitrogen and oxygen atoms in total. The second-order valence-corrected chi connectivity index (χ2v) is 6.15. The zero-order valence-corrected chi connectivity index (χ0v) is 13.8. The van der Waals surface area contributed by atoms with Crippen molar-refractivity contribution < 1.29 is 9.18 Å². The Labute approximate surface area is 138 Å². The molecule has 1 atom stereocenters. The highest BCUT2D eigenvalue weighted by molar-refractivity contribution is 5.81. The van der Waals surface area contributed by atoms with E-state index in [2.05, 4.69) is 10.8 Å². The monoisotopic (exact) mass is 316 g/mol. The summed E-state index contributed by atoms with van der Waals surface area (Å²) in [6, 6.07) is 6.05. The molecule has 4 heteroatoms. The lowest BCUT2D eigenvalue weighted by Gasteiger charge is -2.31. The molecule has 1 aliphatic heterocycles. The van der Waals surface area contributed by atoms with Crippen molar-refractivity contribution in [1.82, 2.24) is 9.80 Å². The first-order valence-corrected chi connectivity index (χ1v) is 8.32. The quantitative estimate of drug-likeness (QED) is 0.780. The number of benzene rings is 1. The molecule has 0 N–H and O–H groups in total. The van der Waals surface area contributed by atoms with Gasteiger partial charge in [-0.05, 0) is 50.6 Å². The number of carbonyl (C=O) groups excluding carboxylic acids is 1. The highest BCUT2D eigenvalue weighted by Crippen LogP contribution is 2.15. The fourth-order valence-electron chi connectivity index (χ4n) is 3.03. The van der Waals surface area contributed by atoms with Gasteiger partial charge >= 0.3 is 0 Å². The van der Waals surface area contributed by atoms with Gasteiger partial charge in [0.2, 0.25) is 5.91 Å². The molecular formula is C19H25FN2O. The average molecular weight is 316 g/mol. The third-order valence-corrected chi connectivity index (χ3v) is 4.43. The number of carbonyl (C=O) groups is 1. The van der Waals surface area contributed by atoms with Crippen LogP contribution in [0.2, 0.25) is 0 Å². The standard InChI is InChI=1S/C19H25FN2O/c1-3-12-22(15-17-8-10-18(20)11-9-17)19(23)16(2)21-13-6-4-5-7-14-21/h1,8-11,16H,4-7,12-15H2,2H3. The number of likely N-dealkylation sites (tertiary alicyclic amines) is 1. The smallest absolute Gasteiger partial charge is 0.240 e. The van der Waals surface area contributed by atoms with E-state index in [9.17, 15) is 9.18 Å². The van der Waals surface area contributed by atoms with E-state index in [0.29, 0.717) is 6.54 Å². The van der Waals surface area contributed by atoms with Crippen LogP contribution in [-0.4, -0.2) is 41.4 Å². The largest absolute Gasteiger partial charge is 0.326 e. The third-order valence-electron chi connectivity index (χ3n) is 4.43. The van der Waals surface area contributed by atoms with E-state index in [1.807, 2.05) is 6.92 Å². The minimum Gasteiger partial charge on any atom is -0.326 e. The maximum Gasteiger partial charge on any atom is 0.240 e. The summed E-state index contributed by atoms with van der Waals surface area (Å²) >= 11 is 0. The highest BCUT2D eigenvalue weighted by atomic mass is 19.1. The van der Waals surface area contributed by atoms with Gasteiger partial charge in [-0.1, -0.05) is 30.9 Å². The van der Waals surface area contributed by atoms with Gasteiger partial charge in [-0.25, -0.2) is 4.39 Å². The van der Waals surface area contributed by atoms with Crippen molar-refractivity contribution in [2.24, 2.45) is 0 Å². The summed E-state index contributed by atoms with van der Waals surface area (Å²) in [6.07, 6.45) is 10.2. The number of nitrogens with zero attached hydrogens (tertiary/aromatic N) is 2. The van der Waals surface area contributed by atoms with Gasteiger partial charge in [-0.3, -0.25) is 9.69 Å². The molecule has 1 saturated heterocycles.